The van der Waals surface area contributed by atoms with E-state index in [1.165, 1.54) is 15.5 Å². The molecule has 2 fully saturated rings. The van der Waals surface area contributed by atoms with Crippen molar-refractivity contribution in [1.82, 2.24) is 19.5 Å². The number of urea groups is 1. The second-order valence-electron chi connectivity index (χ2n) is 6.26. The summed E-state index contributed by atoms with van der Waals surface area (Å²) in [6.07, 6.45) is 2.77. The Morgan fingerprint density at radius 1 is 1.19 bits per heavy atom. The number of hydrogen-bond acceptors (Lipinski definition) is 6. The molecule has 0 spiro atoms. The smallest absolute Gasteiger partial charge is 0.322 e. The monoisotopic (exact) mass is 382 g/mol. The summed E-state index contributed by atoms with van der Waals surface area (Å²) in [7, 11) is -3.16. The second-order valence-corrected chi connectivity index (χ2v) is 8.24. The van der Waals surface area contributed by atoms with Crippen LogP contribution in [0.4, 0.5) is 16.3 Å². The quantitative estimate of drug-likeness (QED) is 0.702. The van der Waals surface area contributed by atoms with Crippen LogP contribution in [-0.2, 0) is 14.8 Å². The molecule has 0 unspecified atom stereocenters. The van der Waals surface area contributed by atoms with Crippen molar-refractivity contribution < 1.29 is 18.0 Å². The minimum Gasteiger partial charge on any atom is -0.354 e. The average molecular weight is 382 g/mol. The molecule has 2 aliphatic heterocycles. The molecule has 11 heteroatoms. The fourth-order valence-electron chi connectivity index (χ4n) is 2.91. The highest BCUT2D eigenvalue weighted by Crippen LogP contribution is 2.17. The maximum Gasteiger partial charge on any atom is 0.322 e. The van der Waals surface area contributed by atoms with Crippen molar-refractivity contribution in [2.45, 2.75) is 0 Å². The van der Waals surface area contributed by atoms with Crippen LogP contribution in [-0.4, -0.2) is 86.6 Å². The van der Waals surface area contributed by atoms with Gasteiger partial charge in [0.25, 0.3) is 0 Å². The zero-order valence-corrected chi connectivity index (χ0v) is 15.3. The zero-order chi connectivity index (χ0) is 18.7. The number of nitrogens with one attached hydrogen (secondary N) is 2. The summed E-state index contributed by atoms with van der Waals surface area (Å²) in [6.45, 7) is 2.94. The molecule has 0 aliphatic carbocycles. The first-order valence-corrected chi connectivity index (χ1v) is 10.2. The van der Waals surface area contributed by atoms with Crippen LogP contribution in [0.3, 0.4) is 0 Å². The van der Waals surface area contributed by atoms with Crippen molar-refractivity contribution in [1.29, 1.82) is 0 Å². The van der Waals surface area contributed by atoms with Crippen molar-refractivity contribution in [3.8, 4) is 0 Å². The van der Waals surface area contributed by atoms with Crippen LogP contribution in [0.25, 0.3) is 0 Å². The summed E-state index contributed by atoms with van der Waals surface area (Å²) < 4.78 is 24.6. The first kappa shape index (κ1) is 18.4. The van der Waals surface area contributed by atoms with Gasteiger partial charge in [0.15, 0.2) is 0 Å². The van der Waals surface area contributed by atoms with Gasteiger partial charge in [-0.15, -0.1) is 0 Å². The van der Waals surface area contributed by atoms with Gasteiger partial charge in [0.05, 0.1) is 18.1 Å². The molecular formula is C15H22N6O4S. The lowest BCUT2D eigenvalue weighted by molar-refractivity contribution is -0.123. The van der Waals surface area contributed by atoms with Gasteiger partial charge in [-0.25, -0.2) is 18.2 Å². The molecule has 0 radical (unpaired) electrons. The van der Waals surface area contributed by atoms with Gasteiger partial charge in [0.1, 0.15) is 12.4 Å². The molecule has 26 heavy (non-hydrogen) atoms. The molecule has 0 aromatic carbocycles. The predicted octanol–water partition coefficient (Wildman–Crippen LogP) is -0.873. The maximum absolute atomic E-state index is 12.2. The minimum absolute atomic E-state index is 0.0436. The molecule has 0 atom stereocenters. The van der Waals surface area contributed by atoms with E-state index in [1.54, 1.807) is 18.3 Å². The summed E-state index contributed by atoms with van der Waals surface area (Å²) in [5, 5.41) is 5.40. The second kappa shape index (κ2) is 7.46. The van der Waals surface area contributed by atoms with Crippen molar-refractivity contribution in [2.24, 2.45) is 0 Å². The van der Waals surface area contributed by atoms with E-state index in [4.69, 9.17) is 0 Å². The van der Waals surface area contributed by atoms with E-state index in [0.29, 0.717) is 45.0 Å². The molecular weight excluding hydrogens is 360 g/mol. The normalized spacial score (nSPS) is 19.2. The van der Waals surface area contributed by atoms with E-state index in [2.05, 4.69) is 15.6 Å². The zero-order valence-electron chi connectivity index (χ0n) is 14.5. The highest BCUT2D eigenvalue weighted by molar-refractivity contribution is 7.88. The number of hydrogen-bond donors (Lipinski definition) is 2. The van der Waals surface area contributed by atoms with Gasteiger partial charge in [0, 0.05) is 39.3 Å². The first-order valence-electron chi connectivity index (χ1n) is 8.32. The molecule has 0 saturated carbocycles. The van der Waals surface area contributed by atoms with Crippen LogP contribution in [0.5, 0.6) is 0 Å². The number of pyridine rings is 1. The molecule has 3 amide bonds. The highest BCUT2D eigenvalue weighted by atomic mass is 32.2. The molecule has 1 aromatic rings. The maximum atomic E-state index is 12.2. The van der Waals surface area contributed by atoms with Crippen LogP contribution >= 0.6 is 0 Å². The number of anilines is 2. The Hall–Kier alpha value is -2.40. The molecule has 0 bridgehead atoms. The van der Waals surface area contributed by atoms with E-state index in [9.17, 15) is 18.0 Å². The average Bonchev–Trinajstić information content (AvgIpc) is 2.62. The first-order chi connectivity index (χ1) is 12.3. The Morgan fingerprint density at radius 3 is 2.50 bits per heavy atom. The summed E-state index contributed by atoms with van der Waals surface area (Å²) >= 11 is 0. The Balaban J connectivity index is 1.55. The third kappa shape index (κ3) is 4.41. The van der Waals surface area contributed by atoms with E-state index in [1.807, 2.05) is 4.90 Å². The predicted molar refractivity (Wildman–Crippen MR) is 96.5 cm³/mol. The number of nitrogens with zero attached hydrogens (tertiary/aromatic N) is 4. The van der Waals surface area contributed by atoms with Crippen molar-refractivity contribution in [3.63, 3.8) is 0 Å². The fraction of sp³-hybridized carbons (Fsp3) is 0.533. The molecule has 10 nitrogen and oxygen atoms in total. The van der Waals surface area contributed by atoms with E-state index in [0.717, 1.165) is 5.82 Å². The number of amides is 3. The molecule has 3 rings (SSSR count). The van der Waals surface area contributed by atoms with Crippen LogP contribution < -0.4 is 15.5 Å². The third-order valence-electron chi connectivity index (χ3n) is 4.36. The van der Waals surface area contributed by atoms with Gasteiger partial charge in [-0.3, -0.25) is 4.79 Å². The van der Waals surface area contributed by atoms with Crippen molar-refractivity contribution >= 4 is 33.5 Å². The Bertz CT molecular complexity index is 774. The van der Waals surface area contributed by atoms with Crippen molar-refractivity contribution in [3.05, 3.63) is 18.3 Å². The number of carbonyl (C=O) groups excluding carboxylic acids is 2. The topological polar surface area (TPSA) is 115 Å². The lowest BCUT2D eigenvalue weighted by Gasteiger charge is -2.34. The lowest BCUT2D eigenvalue weighted by Crippen LogP contribution is -2.51. The molecule has 2 saturated heterocycles. The Labute approximate surface area is 152 Å². The molecule has 3 heterocycles. The standard InChI is InChI=1S/C15H22N6O4S/c1-26(24,25)21-8-6-19(7-9-21)13-3-2-12(10-17-13)18-15(23)20-5-4-16-14(22)11-20/h2-3,10H,4-9,11H2,1H3,(H,16,22)(H,18,23). The number of sulfonamides is 1. The van der Waals surface area contributed by atoms with Crippen molar-refractivity contribution in [2.75, 3.05) is 62.3 Å². The summed E-state index contributed by atoms with van der Waals surface area (Å²) in [6, 6.07) is 3.19. The van der Waals surface area contributed by atoms with Crippen LogP contribution in [0.1, 0.15) is 0 Å². The van der Waals surface area contributed by atoms with Gasteiger partial charge >= 0.3 is 6.03 Å². The number of carbonyl (C=O) groups is 2. The number of rotatable bonds is 3. The Kier molecular flexibility index (Phi) is 5.28. The molecule has 1 aromatic heterocycles. The van der Waals surface area contributed by atoms with Gasteiger partial charge in [-0.05, 0) is 12.1 Å². The number of piperazine rings is 2. The summed E-state index contributed by atoms with van der Waals surface area (Å²) in [5.41, 5.74) is 0.541. The molecule has 2 aliphatic rings. The van der Waals surface area contributed by atoms with Gasteiger partial charge < -0.3 is 20.4 Å². The van der Waals surface area contributed by atoms with E-state index >= 15 is 0 Å². The lowest BCUT2D eigenvalue weighted by atomic mass is 10.3. The third-order valence-corrected chi connectivity index (χ3v) is 5.66. The van der Waals surface area contributed by atoms with Gasteiger partial charge in [0.2, 0.25) is 15.9 Å². The minimum atomic E-state index is -3.16. The number of aromatic nitrogens is 1. The van der Waals surface area contributed by atoms with Gasteiger partial charge in [-0.1, -0.05) is 0 Å². The summed E-state index contributed by atoms with van der Waals surface area (Å²) in [5.74, 6) is 0.557. The molecule has 142 valence electrons. The van der Waals surface area contributed by atoms with Crippen LogP contribution in [0.15, 0.2) is 18.3 Å². The molecule has 2 N–H and O–H groups in total. The highest BCUT2D eigenvalue weighted by Gasteiger charge is 2.24. The van der Waals surface area contributed by atoms with E-state index < -0.39 is 10.0 Å². The van der Waals surface area contributed by atoms with E-state index in [-0.39, 0.29) is 18.5 Å². The van der Waals surface area contributed by atoms with Crippen LogP contribution in [0.2, 0.25) is 0 Å². The summed E-state index contributed by atoms with van der Waals surface area (Å²) in [4.78, 5) is 31.3. The van der Waals surface area contributed by atoms with Gasteiger partial charge in [-0.2, -0.15) is 4.31 Å². The fourth-order valence-corrected chi connectivity index (χ4v) is 3.74. The Morgan fingerprint density at radius 2 is 1.92 bits per heavy atom. The largest absolute Gasteiger partial charge is 0.354 e. The van der Waals surface area contributed by atoms with Crippen LogP contribution in [0, 0.1) is 0 Å². The SMILES string of the molecule is CS(=O)(=O)N1CCN(c2ccc(NC(=O)N3CCNC(=O)C3)cn2)CC1.